The minimum Gasteiger partial charge on any atom is -0.339 e. The summed E-state index contributed by atoms with van der Waals surface area (Å²) in [4.78, 5) is 12.5. The summed E-state index contributed by atoms with van der Waals surface area (Å²) in [6.45, 7) is 0.813. The molecule has 0 N–H and O–H groups in total. The van der Waals surface area contributed by atoms with Gasteiger partial charge in [0, 0.05) is 29.9 Å². The van der Waals surface area contributed by atoms with Crippen molar-refractivity contribution in [3.8, 4) is 11.3 Å². The van der Waals surface area contributed by atoms with Crippen LogP contribution in [0.25, 0.3) is 11.3 Å². The monoisotopic (exact) mass is 315 g/mol. The molecule has 0 atom stereocenters. The molecule has 1 aliphatic carbocycles. The van der Waals surface area contributed by atoms with E-state index in [1.165, 1.54) is 16.8 Å². The fraction of sp³-hybridized carbons (Fsp3) is 0.227. The molecule has 2 aromatic carbocycles. The van der Waals surface area contributed by atoms with E-state index in [9.17, 15) is 4.79 Å². The zero-order chi connectivity index (χ0) is 16.4. The first-order valence-electron chi connectivity index (χ1n) is 8.68. The van der Waals surface area contributed by atoms with Crippen LogP contribution in [0.4, 0.5) is 0 Å². The molecule has 1 heterocycles. The van der Waals surface area contributed by atoms with E-state index in [0.29, 0.717) is 12.2 Å². The van der Waals surface area contributed by atoms with Gasteiger partial charge in [-0.15, -0.1) is 0 Å². The molecule has 0 spiro atoms. The Kier molecular flexibility index (Phi) is 4.04. The first-order chi connectivity index (χ1) is 11.8. The van der Waals surface area contributed by atoms with Crippen LogP contribution in [0.3, 0.4) is 0 Å². The molecular weight excluding hydrogens is 294 g/mol. The summed E-state index contributed by atoms with van der Waals surface area (Å²) in [6.07, 6.45) is 3.75. The normalized spacial score (nSPS) is 14.2. The van der Waals surface area contributed by atoms with Gasteiger partial charge in [-0.2, -0.15) is 0 Å². The fourth-order valence-corrected chi connectivity index (χ4v) is 3.61. The molecular formula is C22H21NO. The molecule has 0 saturated heterocycles. The van der Waals surface area contributed by atoms with Crippen LogP contribution in [0, 0.1) is 0 Å². The number of aromatic nitrogens is 1. The Morgan fingerprint density at radius 2 is 1.50 bits per heavy atom. The molecule has 0 bridgehead atoms. The highest BCUT2D eigenvalue weighted by molar-refractivity contribution is 5.99. The van der Waals surface area contributed by atoms with Gasteiger partial charge < -0.3 is 4.57 Å². The number of Topliss-reactive ketones (excluding diaryl/α,β-unsaturated/α-hetero) is 1. The fourth-order valence-electron chi connectivity index (χ4n) is 3.61. The van der Waals surface area contributed by atoms with Gasteiger partial charge >= 0.3 is 0 Å². The van der Waals surface area contributed by atoms with Crippen LogP contribution in [0.2, 0.25) is 0 Å². The van der Waals surface area contributed by atoms with E-state index in [1.807, 2.05) is 12.1 Å². The van der Waals surface area contributed by atoms with Crippen molar-refractivity contribution in [3.05, 3.63) is 83.6 Å². The molecule has 1 aliphatic rings. The Bertz CT molecular complexity index is 846. The smallest absolute Gasteiger partial charge is 0.164 e. The number of nitrogens with zero attached hydrogens (tertiary/aromatic N) is 1. The Morgan fingerprint density at radius 1 is 0.833 bits per heavy atom. The van der Waals surface area contributed by atoms with E-state index in [2.05, 4.69) is 59.2 Å². The van der Waals surface area contributed by atoms with Crippen molar-refractivity contribution in [2.75, 3.05) is 0 Å². The highest BCUT2D eigenvalue weighted by Crippen LogP contribution is 2.31. The van der Waals surface area contributed by atoms with Crippen LogP contribution < -0.4 is 0 Å². The molecule has 120 valence electrons. The van der Waals surface area contributed by atoms with Crippen LogP contribution >= 0.6 is 0 Å². The second-order valence-electron chi connectivity index (χ2n) is 6.46. The van der Waals surface area contributed by atoms with Gasteiger partial charge in [-0.05, 0) is 36.5 Å². The average Bonchev–Trinajstić information content (AvgIpc) is 2.88. The Balaban J connectivity index is 1.86. The van der Waals surface area contributed by atoms with Crippen LogP contribution in [0.5, 0.6) is 0 Å². The highest BCUT2D eigenvalue weighted by atomic mass is 16.1. The van der Waals surface area contributed by atoms with Gasteiger partial charge in [0.25, 0.3) is 0 Å². The van der Waals surface area contributed by atoms with Crippen molar-refractivity contribution in [1.82, 2.24) is 4.57 Å². The maximum atomic E-state index is 12.5. The lowest BCUT2D eigenvalue weighted by molar-refractivity contribution is 0.0982. The van der Waals surface area contributed by atoms with Gasteiger partial charge in [-0.3, -0.25) is 4.79 Å². The van der Waals surface area contributed by atoms with Gasteiger partial charge in [0.2, 0.25) is 0 Å². The molecule has 2 nitrogen and oxygen atoms in total. The van der Waals surface area contributed by atoms with Gasteiger partial charge in [0.15, 0.2) is 5.78 Å². The first-order valence-corrected chi connectivity index (χ1v) is 8.68. The summed E-state index contributed by atoms with van der Waals surface area (Å²) in [5, 5.41) is 0. The van der Waals surface area contributed by atoms with E-state index < -0.39 is 0 Å². The average molecular weight is 315 g/mol. The lowest BCUT2D eigenvalue weighted by Gasteiger charge is -2.14. The third-order valence-corrected chi connectivity index (χ3v) is 4.83. The van der Waals surface area contributed by atoms with Crippen molar-refractivity contribution in [1.29, 1.82) is 0 Å². The van der Waals surface area contributed by atoms with Crippen LogP contribution in [-0.2, 0) is 13.0 Å². The van der Waals surface area contributed by atoms with Crippen LogP contribution in [0.1, 0.15) is 40.9 Å². The minimum absolute atomic E-state index is 0.298. The SMILES string of the molecule is O=C1CCCCc2c1cc(-c1ccccc1)n2Cc1ccccc1. The molecule has 0 saturated carbocycles. The molecule has 1 aromatic heterocycles. The summed E-state index contributed by atoms with van der Waals surface area (Å²) in [7, 11) is 0. The molecule has 3 aromatic rings. The largest absolute Gasteiger partial charge is 0.339 e. The number of hydrogen-bond acceptors (Lipinski definition) is 1. The van der Waals surface area contributed by atoms with Crippen molar-refractivity contribution in [2.24, 2.45) is 0 Å². The van der Waals surface area contributed by atoms with E-state index in [-0.39, 0.29) is 0 Å². The Morgan fingerprint density at radius 3 is 2.25 bits per heavy atom. The quantitative estimate of drug-likeness (QED) is 0.615. The van der Waals surface area contributed by atoms with Crippen molar-refractivity contribution >= 4 is 5.78 Å². The van der Waals surface area contributed by atoms with Gasteiger partial charge in [0.05, 0.1) is 0 Å². The highest BCUT2D eigenvalue weighted by Gasteiger charge is 2.23. The minimum atomic E-state index is 0.298. The lowest BCUT2D eigenvalue weighted by Crippen LogP contribution is -2.07. The zero-order valence-electron chi connectivity index (χ0n) is 13.7. The zero-order valence-corrected chi connectivity index (χ0v) is 13.7. The topological polar surface area (TPSA) is 22.0 Å². The van der Waals surface area contributed by atoms with E-state index in [0.717, 1.165) is 37.1 Å². The summed E-state index contributed by atoms with van der Waals surface area (Å²) in [6, 6.07) is 23.0. The predicted molar refractivity (Wildman–Crippen MR) is 97.3 cm³/mol. The Hall–Kier alpha value is -2.61. The van der Waals surface area contributed by atoms with Gasteiger partial charge in [-0.25, -0.2) is 0 Å². The van der Waals surface area contributed by atoms with Gasteiger partial charge in [-0.1, -0.05) is 60.7 Å². The third kappa shape index (κ3) is 2.80. The summed E-state index contributed by atoms with van der Waals surface area (Å²) < 4.78 is 2.35. The number of fused-ring (bicyclic) bond motifs is 1. The second kappa shape index (κ2) is 6.48. The van der Waals surface area contributed by atoms with Gasteiger partial charge in [0.1, 0.15) is 0 Å². The molecule has 0 fully saturated rings. The summed E-state index contributed by atoms with van der Waals surface area (Å²) in [5.74, 6) is 0.298. The molecule has 24 heavy (non-hydrogen) atoms. The second-order valence-corrected chi connectivity index (χ2v) is 6.46. The third-order valence-electron chi connectivity index (χ3n) is 4.83. The maximum absolute atomic E-state index is 12.5. The molecule has 0 amide bonds. The number of hydrogen-bond donors (Lipinski definition) is 0. The number of carbonyl (C=O) groups excluding carboxylic acids is 1. The number of benzene rings is 2. The van der Waals surface area contributed by atoms with Crippen molar-refractivity contribution in [3.63, 3.8) is 0 Å². The molecule has 2 heteroatoms. The molecule has 0 radical (unpaired) electrons. The predicted octanol–water partition coefficient (Wildman–Crippen LogP) is 5.11. The standard InChI is InChI=1S/C22H21NO/c24-22-14-8-7-13-20-19(22)15-21(18-11-5-2-6-12-18)23(20)16-17-9-3-1-4-10-17/h1-6,9-12,15H,7-8,13-14,16H2. The van der Waals surface area contributed by atoms with Crippen LogP contribution in [-0.4, -0.2) is 10.4 Å². The van der Waals surface area contributed by atoms with E-state index in [4.69, 9.17) is 0 Å². The van der Waals surface area contributed by atoms with Crippen LogP contribution in [0.15, 0.2) is 66.7 Å². The lowest BCUT2D eigenvalue weighted by atomic mass is 10.1. The first kappa shape index (κ1) is 14.9. The number of carbonyl (C=O) groups is 1. The maximum Gasteiger partial charge on any atom is 0.164 e. The van der Waals surface area contributed by atoms with E-state index in [1.54, 1.807) is 0 Å². The molecule has 4 rings (SSSR count). The summed E-state index contributed by atoms with van der Waals surface area (Å²) >= 11 is 0. The Labute approximate surface area is 142 Å². The van der Waals surface area contributed by atoms with E-state index >= 15 is 0 Å². The van der Waals surface area contributed by atoms with Crippen molar-refractivity contribution < 1.29 is 4.79 Å². The number of ketones is 1. The number of rotatable bonds is 3. The summed E-state index contributed by atoms with van der Waals surface area (Å²) in [5.41, 5.74) is 5.74. The molecule has 0 aliphatic heterocycles. The van der Waals surface area contributed by atoms with Crippen molar-refractivity contribution in [2.45, 2.75) is 32.2 Å². The molecule has 0 unspecified atom stereocenters.